The minimum absolute atomic E-state index is 0.320. The standard InChI is InChI=1S/C12H24Cl2O2S2/c1-10(7-18-9-12(16)6-14)3-2-4-17-8-11(15)5-13/h10-12,15-16H,2-9H2,1H3. The minimum Gasteiger partial charge on any atom is -0.391 e. The molecule has 0 aromatic carbocycles. The van der Waals surface area contributed by atoms with Gasteiger partial charge in [0.25, 0.3) is 0 Å². The Bertz CT molecular complexity index is 187. The molecule has 6 heteroatoms. The van der Waals surface area contributed by atoms with Crippen LogP contribution < -0.4 is 0 Å². The highest BCUT2D eigenvalue weighted by molar-refractivity contribution is 7.99. The molecule has 0 aromatic rings. The van der Waals surface area contributed by atoms with E-state index in [-0.39, 0.29) is 12.2 Å². The number of aliphatic hydroxyl groups excluding tert-OH is 2. The van der Waals surface area contributed by atoms with Gasteiger partial charge in [0.15, 0.2) is 0 Å². The molecule has 0 radical (unpaired) electrons. The van der Waals surface area contributed by atoms with E-state index in [1.54, 1.807) is 23.5 Å². The normalized spacial score (nSPS) is 16.5. The number of hydrogen-bond donors (Lipinski definition) is 2. The minimum atomic E-state index is -0.378. The molecule has 110 valence electrons. The van der Waals surface area contributed by atoms with Gasteiger partial charge in [-0.25, -0.2) is 0 Å². The first kappa shape index (κ1) is 19.2. The molecule has 0 bridgehead atoms. The van der Waals surface area contributed by atoms with Crippen molar-refractivity contribution in [2.45, 2.75) is 32.0 Å². The number of aliphatic hydroxyl groups is 2. The van der Waals surface area contributed by atoms with Crippen LogP contribution in [0, 0.1) is 5.92 Å². The van der Waals surface area contributed by atoms with E-state index in [0.29, 0.717) is 17.7 Å². The fraction of sp³-hybridized carbons (Fsp3) is 1.00. The Morgan fingerprint density at radius 3 is 2.06 bits per heavy atom. The molecule has 0 aromatic heterocycles. The average Bonchev–Trinajstić information content (AvgIpc) is 2.37. The Labute approximate surface area is 129 Å². The summed E-state index contributed by atoms with van der Waals surface area (Å²) in [6.07, 6.45) is 1.60. The van der Waals surface area contributed by atoms with E-state index < -0.39 is 0 Å². The average molecular weight is 335 g/mol. The monoisotopic (exact) mass is 334 g/mol. The van der Waals surface area contributed by atoms with Crippen LogP contribution in [0.1, 0.15) is 19.8 Å². The molecular weight excluding hydrogens is 311 g/mol. The SMILES string of the molecule is CC(CCCSCC(O)CCl)CSCC(O)CCl. The molecule has 0 saturated carbocycles. The third-order valence-electron chi connectivity index (χ3n) is 2.36. The van der Waals surface area contributed by atoms with Crippen LogP contribution in [0.15, 0.2) is 0 Å². The van der Waals surface area contributed by atoms with Crippen molar-refractivity contribution in [3.05, 3.63) is 0 Å². The Kier molecular flexibility index (Phi) is 14.1. The summed E-state index contributed by atoms with van der Waals surface area (Å²) in [5, 5.41) is 18.6. The second-order valence-electron chi connectivity index (χ2n) is 4.48. The molecule has 0 aliphatic carbocycles. The number of thioether (sulfide) groups is 2. The van der Waals surface area contributed by atoms with Gasteiger partial charge in [0.2, 0.25) is 0 Å². The van der Waals surface area contributed by atoms with Gasteiger partial charge in [-0.1, -0.05) is 6.92 Å². The Morgan fingerprint density at radius 2 is 1.50 bits per heavy atom. The van der Waals surface area contributed by atoms with Gasteiger partial charge in [-0.15, -0.1) is 23.2 Å². The van der Waals surface area contributed by atoms with Crippen molar-refractivity contribution in [1.82, 2.24) is 0 Å². The molecule has 0 saturated heterocycles. The van der Waals surface area contributed by atoms with Crippen molar-refractivity contribution in [3.8, 4) is 0 Å². The zero-order valence-electron chi connectivity index (χ0n) is 10.9. The van der Waals surface area contributed by atoms with Crippen molar-refractivity contribution in [2.75, 3.05) is 34.8 Å². The molecular formula is C12H24Cl2O2S2. The lowest BCUT2D eigenvalue weighted by Gasteiger charge is -2.12. The van der Waals surface area contributed by atoms with Crippen LogP contribution in [-0.4, -0.2) is 57.2 Å². The van der Waals surface area contributed by atoms with E-state index in [0.717, 1.165) is 23.0 Å². The van der Waals surface area contributed by atoms with E-state index in [9.17, 15) is 10.2 Å². The largest absolute Gasteiger partial charge is 0.391 e. The highest BCUT2D eigenvalue weighted by Gasteiger charge is 2.06. The topological polar surface area (TPSA) is 40.5 Å². The van der Waals surface area contributed by atoms with Gasteiger partial charge < -0.3 is 10.2 Å². The first-order valence-corrected chi connectivity index (χ1v) is 9.61. The van der Waals surface area contributed by atoms with Crippen LogP contribution in [0.25, 0.3) is 0 Å². The van der Waals surface area contributed by atoms with Crippen LogP contribution in [0.2, 0.25) is 0 Å². The van der Waals surface area contributed by atoms with Crippen LogP contribution in [0.5, 0.6) is 0 Å². The molecule has 0 rings (SSSR count). The maximum atomic E-state index is 9.30. The second kappa shape index (κ2) is 13.2. The molecule has 3 unspecified atom stereocenters. The lowest BCUT2D eigenvalue weighted by molar-refractivity contribution is 0.223. The number of halogens is 2. The maximum absolute atomic E-state index is 9.30. The fourth-order valence-electron chi connectivity index (χ4n) is 1.33. The van der Waals surface area contributed by atoms with Crippen molar-refractivity contribution >= 4 is 46.7 Å². The predicted molar refractivity (Wildman–Crippen MR) is 86.5 cm³/mol. The predicted octanol–water partition coefficient (Wildman–Crippen LogP) is 3.07. The van der Waals surface area contributed by atoms with E-state index in [1.807, 2.05) is 0 Å². The molecule has 0 spiro atoms. The molecule has 18 heavy (non-hydrogen) atoms. The van der Waals surface area contributed by atoms with Gasteiger partial charge >= 0.3 is 0 Å². The number of hydrogen-bond acceptors (Lipinski definition) is 4. The van der Waals surface area contributed by atoms with Crippen LogP contribution >= 0.6 is 46.7 Å². The summed E-state index contributed by atoms with van der Waals surface area (Å²) >= 11 is 14.6. The quantitative estimate of drug-likeness (QED) is 0.425. The third kappa shape index (κ3) is 12.2. The summed E-state index contributed by atoms with van der Waals surface area (Å²) in [5.74, 6) is 4.91. The van der Waals surface area contributed by atoms with Crippen molar-refractivity contribution in [2.24, 2.45) is 5.92 Å². The highest BCUT2D eigenvalue weighted by atomic mass is 35.5. The summed E-state index contributed by atoms with van der Waals surface area (Å²) in [5.41, 5.74) is 0. The molecule has 3 atom stereocenters. The molecule has 0 aliphatic rings. The highest BCUT2D eigenvalue weighted by Crippen LogP contribution is 2.17. The molecule has 0 fully saturated rings. The smallest absolute Gasteiger partial charge is 0.0765 e. The zero-order chi connectivity index (χ0) is 13.8. The summed E-state index contributed by atoms with van der Waals surface area (Å²) in [4.78, 5) is 0. The van der Waals surface area contributed by atoms with Crippen LogP contribution in [0.4, 0.5) is 0 Å². The van der Waals surface area contributed by atoms with Gasteiger partial charge in [0, 0.05) is 23.3 Å². The lowest BCUT2D eigenvalue weighted by Crippen LogP contribution is -2.13. The Balaban J connectivity index is 3.29. The van der Waals surface area contributed by atoms with Crippen molar-refractivity contribution in [3.63, 3.8) is 0 Å². The summed E-state index contributed by atoms with van der Waals surface area (Å²) < 4.78 is 0. The third-order valence-corrected chi connectivity index (χ3v) is 5.70. The van der Waals surface area contributed by atoms with E-state index in [1.165, 1.54) is 12.8 Å². The fourth-order valence-corrected chi connectivity index (χ4v) is 3.83. The molecule has 2 N–H and O–H groups in total. The Morgan fingerprint density at radius 1 is 0.944 bits per heavy atom. The van der Waals surface area contributed by atoms with Gasteiger partial charge in [-0.2, -0.15) is 23.5 Å². The number of rotatable bonds is 12. The van der Waals surface area contributed by atoms with E-state index >= 15 is 0 Å². The summed E-state index contributed by atoms with van der Waals surface area (Å²) in [7, 11) is 0. The van der Waals surface area contributed by atoms with E-state index in [2.05, 4.69) is 6.92 Å². The van der Waals surface area contributed by atoms with Crippen molar-refractivity contribution in [1.29, 1.82) is 0 Å². The lowest BCUT2D eigenvalue weighted by atomic mass is 10.1. The maximum Gasteiger partial charge on any atom is 0.0765 e. The van der Waals surface area contributed by atoms with E-state index in [4.69, 9.17) is 23.2 Å². The summed E-state index contributed by atoms with van der Waals surface area (Å²) in [6.45, 7) is 2.23. The van der Waals surface area contributed by atoms with Gasteiger partial charge in [0.1, 0.15) is 0 Å². The number of alkyl halides is 2. The van der Waals surface area contributed by atoms with Gasteiger partial charge in [-0.05, 0) is 30.3 Å². The molecule has 0 aliphatic heterocycles. The zero-order valence-corrected chi connectivity index (χ0v) is 14.0. The molecule has 0 amide bonds. The van der Waals surface area contributed by atoms with Gasteiger partial charge in [-0.3, -0.25) is 0 Å². The Hall–Kier alpha value is 1.20. The summed E-state index contributed by atoms with van der Waals surface area (Å²) in [6, 6.07) is 0. The molecule has 0 heterocycles. The second-order valence-corrected chi connectivity index (χ2v) is 7.32. The first-order chi connectivity index (χ1) is 8.60. The van der Waals surface area contributed by atoms with Crippen LogP contribution in [0.3, 0.4) is 0 Å². The first-order valence-electron chi connectivity index (χ1n) is 6.23. The van der Waals surface area contributed by atoms with Crippen molar-refractivity contribution < 1.29 is 10.2 Å². The van der Waals surface area contributed by atoms with Crippen LogP contribution in [-0.2, 0) is 0 Å². The van der Waals surface area contributed by atoms with Gasteiger partial charge in [0.05, 0.1) is 12.2 Å². The molecule has 2 nitrogen and oxygen atoms in total.